The minimum absolute atomic E-state index is 0.0628. The molecule has 2 rings (SSSR count). The summed E-state index contributed by atoms with van der Waals surface area (Å²) in [6, 6.07) is 14.1. The lowest BCUT2D eigenvalue weighted by Crippen LogP contribution is -2.28. The van der Waals surface area contributed by atoms with Gasteiger partial charge in [-0.2, -0.15) is 0 Å². The summed E-state index contributed by atoms with van der Waals surface area (Å²) in [5, 5.41) is 16.9. The molecule has 0 aromatic heterocycles. The maximum absolute atomic E-state index is 10.9. The van der Waals surface area contributed by atoms with Crippen LogP contribution in [0.2, 0.25) is 0 Å². The fourth-order valence-electron chi connectivity index (χ4n) is 3.19. The monoisotopic (exact) mass is 396 g/mol. The molecule has 29 heavy (non-hydrogen) atoms. The lowest BCUT2D eigenvalue weighted by Gasteiger charge is -2.15. The van der Waals surface area contributed by atoms with E-state index in [9.17, 15) is 9.59 Å². The SMILES string of the molecule is CCN(C=O)C(=N)CCCc1ccc(-c2ccc(OC)c(CCC(=O)O)c2)cc1. The van der Waals surface area contributed by atoms with Gasteiger partial charge in [0.2, 0.25) is 6.41 Å². The van der Waals surface area contributed by atoms with Gasteiger partial charge in [0.05, 0.1) is 7.11 Å². The van der Waals surface area contributed by atoms with Crippen molar-refractivity contribution in [3.8, 4) is 16.9 Å². The molecule has 0 aliphatic carbocycles. The average Bonchev–Trinajstić information content (AvgIpc) is 2.73. The number of carbonyl (C=O) groups excluding carboxylic acids is 1. The van der Waals surface area contributed by atoms with E-state index >= 15 is 0 Å². The molecule has 0 aliphatic heterocycles. The molecule has 0 fully saturated rings. The van der Waals surface area contributed by atoms with Crippen LogP contribution in [-0.2, 0) is 22.4 Å². The van der Waals surface area contributed by atoms with Crippen molar-refractivity contribution in [1.82, 2.24) is 4.90 Å². The van der Waals surface area contributed by atoms with E-state index in [4.69, 9.17) is 15.3 Å². The minimum atomic E-state index is -0.829. The van der Waals surface area contributed by atoms with Crippen LogP contribution in [0.3, 0.4) is 0 Å². The summed E-state index contributed by atoms with van der Waals surface area (Å²) >= 11 is 0. The van der Waals surface area contributed by atoms with E-state index in [1.54, 1.807) is 7.11 Å². The van der Waals surface area contributed by atoms with E-state index < -0.39 is 5.97 Å². The van der Waals surface area contributed by atoms with Crippen LogP contribution in [0.25, 0.3) is 11.1 Å². The van der Waals surface area contributed by atoms with Crippen LogP contribution in [0.1, 0.15) is 37.3 Å². The average molecular weight is 396 g/mol. The van der Waals surface area contributed by atoms with E-state index in [0.717, 1.165) is 29.5 Å². The minimum Gasteiger partial charge on any atom is -0.496 e. The molecule has 6 heteroatoms. The molecule has 0 unspecified atom stereocenters. The van der Waals surface area contributed by atoms with Gasteiger partial charge in [0.15, 0.2) is 0 Å². The number of rotatable bonds is 11. The Morgan fingerprint density at radius 2 is 1.79 bits per heavy atom. The van der Waals surface area contributed by atoms with Gasteiger partial charge in [-0.05, 0) is 60.6 Å². The highest BCUT2D eigenvalue weighted by Gasteiger charge is 2.09. The second-order valence-corrected chi connectivity index (χ2v) is 6.81. The third kappa shape index (κ3) is 6.45. The van der Waals surface area contributed by atoms with Gasteiger partial charge in [-0.25, -0.2) is 0 Å². The van der Waals surface area contributed by atoms with Crippen LogP contribution in [0, 0.1) is 5.41 Å². The summed E-state index contributed by atoms with van der Waals surface area (Å²) in [5.74, 6) is 0.224. The first-order chi connectivity index (χ1) is 14.0. The molecule has 0 spiro atoms. The number of amidine groups is 1. The van der Waals surface area contributed by atoms with Crippen molar-refractivity contribution >= 4 is 18.2 Å². The summed E-state index contributed by atoms with van der Waals surface area (Å²) in [4.78, 5) is 23.2. The third-order valence-electron chi connectivity index (χ3n) is 4.87. The Labute approximate surface area is 171 Å². The number of aryl methyl sites for hydroxylation is 2. The highest BCUT2D eigenvalue weighted by Crippen LogP contribution is 2.28. The first-order valence-electron chi connectivity index (χ1n) is 9.75. The smallest absolute Gasteiger partial charge is 0.303 e. The first kappa shape index (κ1) is 22.1. The predicted octanol–water partition coefficient (Wildman–Crippen LogP) is 4.16. The van der Waals surface area contributed by atoms with Crippen molar-refractivity contribution in [3.63, 3.8) is 0 Å². The summed E-state index contributed by atoms with van der Waals surface area (Å²) in [7, 11) is 1.59. The molecule has 0 bridgehead atoms. The van der Waals surface area contributed by atoms with Crippen LogP contribution in [0.15, 0.2) is 42.5 Å². The van der Waals surface area contributed by atoms with Gasteiger partial charge in [-0.3, -0.25) is 15.0 Å². The van der Waals surface area contributed by atoms with Gasteiger partial charge in [-0.1, -0.05) is 30.3 Å². The number of aliphatic carboxylic acids is 1. The van der Waals surface area contributed by atoms with Crippen molar-refractivity contribution in [2.45, 2.75) is 39.0 Å². The molecule has 0 radical (unpaired) electrons. The molecular weight excluding hydrogens is 368 g/mol. The van der Waals surface area contributed by atoms with Gasteiger partial charge in [-0.15, -0.1) is 0 Å². The number of hydrogen-bond donors (Lipinski definition) is 2. The van der Waals surface area contributed by atoms with E-state index in [1.165, 1.54) is 10.5 Å². The molecule has 1 amide bonds. The highest BCUT2D eigenvalue weighted by atomic mass is 16.5. The molecule has 2 N–H and O–H groups in total. The van der Waals surface area contributed by atoms with Crippen LogP contribution in [0.4, 0.5) is 0 Å². The zero-order chi connectivity index (χ0) is 21.2. The number of carboxylic acid groups (broad SMARTS) is 1. The molecule has 154 valence electrons. The Morgan fingerprint density at radius 3 is 2.38 bits per heavy atom. The maximum atomic E-state index is 10.9. The molecule has 0 heterocycles. The van der Waals surface area contributed by atoms with Gasteiger partial charge in [0.25, 0.3) is 0 Å². The van der Waals surface area contributed by atoms with Crippen molar-refractivity contribution in [2.24, 2.45) is 0 Å². The second-order valence-electron chi connectivity index (χ2n) is 6.81. The lowest BCUT2D eigenvalue weighted by atomic mass is 9.98. The number of carbonyl (C=O) groups is 2. The molecule has 2 aromatic rings. The number of methoxy groups -OCH3 is 1. The zero-order valence-corrected chi connectivity index (χ0v) is 17.0. The van der Waals surface area contributed by atoms with Gasteiger partial charge in [0, 0.05) is 19.4 Å². The Hall–Kier alpha value is -3.15. The molecule has 0 saturated heterocycles. The van der Waals surface area contributed by atoms with E-state index in [2.05, 4.69) is 12.1 Å². The summed E-state index contributed by atoms with van der Waals surface area (Å²) in [6.07, 6.45) is 3.41. The predicted molar refractivity (Wildman–Crippen MR) is 113 cm³/mol. The van der Waals surface area contributed by atoms with E-state index in [-0.39, 0.29) is 6.42 Å². The van der Waals surface area contributed by atoms with Crippen LogP contribution < -0.4 is 4.74 Å². The highest BCUT2D eigenvalue weighted by molar-refractivity contribution is 5.88. The lowest BCUT2D eigenvalue weighted by molar-refractivity contribution is -0.137. The molecule has 6 nitrogen and oxygen atoms in total. The van der Waals surface area contributed by atoms with Crippen molar-refractivity contribution in [2.75, 3.05) is 13.7 Å². The van der Waals surface area contributed by atoms with Crippen LogP contribution >= 0.6 is 0 Å². The van der Waals surface area contributed by atoms with Crippen molar-refractivity contribution in [1.29, 1.82) is 5.41 Å². The molecule has 0 aliphatic rings. The van der Waals surface area contributed by atoms with Crippen molar-refractivity contribution < 1.29 is 19.4 Å². The quantitative estimate of drug-likeness (QED) is 0.339. The van der Waals surface area contributed by atoms with E-state index in [0.29, 0.717) is 37.4 Å². The standard InChI is InChI=1S/C23H28N2O4/c1-3-25(16-26)22(24)6-4-5-17-7-9-18(10-8-17)19-11-13-21(29-2)20(15-19)12-14-23(27)28/h7-11,13,15-16,24H,3-6,12,14H2,1-2H3,(H,27,28). The number of hydrogen-bond acceptors (Lipinski definition) is 4. The van der Waals surface area contributed by atoms with E-state index in [1.807, 2.05) is 37.3 Å². The van der Waals surface area contributed by atoms with Crippen molar-refractivity contribution in [3.05, 3.63) is 53.6 Å². The number of carboxylic acids is 1. The number of nitrogens with one attached hydrogen (secondary N) is 1. The Kier molecular flexibility index (Phi) is 8.40. The Balaban J connectivity index is 2.02. The largest absolute Gasteiger partial charge is 0.496 e. The second kappa shape index (κ2) is 11.0. The van der Waals surface area contributed by atoms with Crippen LogP contribution in [-0.4, -0.2) is 41.9 Å². The van der Waals surface area contributed by atoms with Crippen LogP contribution in [0.5, 0.6) is 5.75 Å². The zero-order valence-electron chi connectivity index (χ0n) is 17.0. The number of amides is 1. The summed E-state index contributed by atoms with van der Waals surface area (Å²) < 4.78 is 5.35. The molecule has 2 aromatic carbocycles. The normalized spacial score (nSPS) is 10.4. The topological polar surface area (TPSA) is 90.7 Å². The number of benzene rings is 2. The molecule has 0 saturated carbocycles. The molecular formula is C23H28N2O4. The maximum Gasteiger partial charge on any atom is 0.303 e. The Bertz CT molecular complexity index is 846. The summed E-state index contributed by atoms with van der Waals surface area (Å²) in [5.41, 5.74) is 4.13. The third-order valence-corrected chi connectivity index (χ3v) is 4.87. The fourth-order valence-corrected chi connectivity index (χ4v) is 3.19. The number of nitrogens with zero attached hydrogens (tertiary/aromatic N) is 1. The fraction of sp³-hybridized carbons (Fsp3) is 0.348. The summed E-state index contributed by atoms with van der Waals surface area (Å²) in [6.45, 7) is 2.38. The van der Waals surface area contributed by atoms with Gasteiger partial charge in [0.1, 0.15) is 11.6 Å². The first-order valence-corrected chi connectivity index (χ1v) is 9.75. The Morgan fingerprint density at radius 1 is 1.10 bits per heavy atom. The number of ether oxygens (including phenoxy) is 1. The van der Waals surface area contributed by atoms with Gasteiger partial charge >= 0.3 is 5.97 Å². The molecule has 0 atom stereocenters. The van der Waals surface area contributed by atoms with Gasteiger partial charge < -0.3 is 14.7 Å².